The van der Waals surface area contributed by atoms with Gasteiger partial charge >= 0.3 is 0 Å². The standard InChI is InChI=1S/C11H10N4O/c1-8-3-5-10(16-8)9-4-6-11(14-13-9)15(2)7-12/h3-6H,1-2H3. The molecule has 0 aliphatic rings. The average Bonchev–Trinajstić information content (AvgIpc) is 2.75. The highest BCUT2D eigenvalue weighted by molar-refractivity contribution is 5.54. The van der Waals surface area contributed by atoms with Gasteiger partial charge in [-0.15, -0.1) is 10.2 Å². The molecule has 80 valence electrons. The first-order valence-corrected chi connectivity index (χ1v) is 4.74. The van der Waals surface area contributed by atoms with Gasteiger partial charge in [-0.05, 0) is 31.2 Å². The lowest BCUT2D eigenvalue weighted by Gasteiger charge is -2.05. The van der Waals surface area contributed by atoms with Gasteiger partial charge in [0, 0.05) is 7.05 Å². The van der Waals surface area contributed by atoms with Gasteiger partial charge < -0.3 is 4.42 Å². The maximum atomic E-state index is 8.67. The molecule has 0 fully saturated rings. The zero-order chi connectivity index (χ0) is 11.5. The molecule has 0 unspecified atom stereocenters. The van der Waals surface area contributed by atoms with Gasteiger partial charge in [0.25, 0.3) is 0 Å². The molecule has 0 amide bonds. The van der Waals surface area contributed by atoms with Crippen LogP contribution in [0.1, 0.15) is 5.76 Å². The molecule has 0 radical (unpaired) electrons. The third-order valence-electron chi connectivity index (χ3n) is 2.14. The molecule has 0 N–H and O–H groups in total. The molecule has 0 bridgehead atoms. The highest BCUT2D eigenvalue weighted by Gasteiger charge is 2.06. The average molecular weight is 214 g/mol. The van der Waals surface area contributed by atoms with Crippen molar-refractivity contribution in [2.24, 2.45) is 0 Å². The Bertz CT molecular complexity index is 524. The van der Waals surface area contributed by atoms with E-state index in [9.17, 15) is 0 Å². The molecular weight excluding hydrogens is 204 g/mol. The van der Waals surface area contributed by atoms with E-state index in [4.69, 9.17) is 9.68 Å². The SMILES string of the molecule is Cc1ccc(-c2ccc(N(C)C#N)nn2)o1. The molecule has 0 atom stereocenters. The van der Waals surface area contributed by atoms with E-state index in [0.29, 0.717) is 17.3 Å². The van der Waals surface area contributed by atoms with Gasteiger partial charge in [0.2, 0.25) is 0 Å². The lowest BCUT2D eigenvalue weighted by Crippen LogP contribution is -2.10. The first kappa shape index (κ1) is 10.2. The Morgan fingerprint density at radius 3 is 2.56 bits per heavy atom. The van der Waals surface area contributed by atoms with Crippen LogP contribution in [0.3, 0.4) is 0 Å². The molecule has 0 aliphatic carbocycles. The van der Waals surface area contributed by atoms with Crippen molar-refractivity contribution >= 4 is 5.82 Å². The molecule has 5 heteroatoms. The van der Waals surface area contributed by atoms with Crippen molar-refractivity contribution in [3.63, 3.8) is 0 Å². The Labute approximate surface area is 92.9 Å². The fourth-order valence-corrected chi connectivity index (χ4v) is 1.26. The number of hydrogen-bond acceptors (Lipinski definition) is 5. The molecule has 2 heterocycles. The molecule has 0 aromatic carbocycles. The lowest BCUT2D eigenvalue weighted by molar-refractivity contribution is 0.545. The van der Waals surface area contributed by atoms with Gasteiger partial charge in [0.15, 0.2) is 17.8 Å². The minimum atomic E-state index is 0.509. The molecule has 0 saturated carbocycles. The molecule has 16 heavy (non-hydrogen) atoms. The van der Waals surface area contributed by atoms with E-state index in [0.717, 1.165) is 5.76 Å². The van der Waals surface area contributed by atoms with Crippen molar-refractivity contribution in [3.05, 3.63) is 30.0 Å². The molecule has 5 nitrogen and oxygen atoms in total. The normalized spacial score (nSPS) is 9.81. The Hall–Kier alpha value is -2.35. The highest BCUT2D eigenvalue weighted by atomic mass is 16.3. The quantitative estimate of drug-likeness (QED) is 0.564. The molecule has 2 rings (SSSR count). The summed E-state index contributed by atoms with van der Waals surface area (Å²) in [5.74, 6) is 2.01. The summed E-state index contributed by atoms with van der Waals surface area (Å²) in [6.45, 7) is 1.87. The van der Waals surface area contributed by atoms with Crippen LogP contribution in [0.15, 0.2) is 28.7 Å². The number of aromatic nitrogens is 2. The van der Waals surface area contributed by atoms with Crippen LogP contribution in [0, 0.1) is 18.4 Å². The van der Waals surface area contributed by atoms with E-state index in [1.165, 1.54) is 4.90 Å². The van der Waals surface area contributed by atoms with E-state index in [-0.39, 0.29) is 0 Å². The highest BCUT2D eigenvalue weighted by Crippen LogP contribution is 2.20. The Balaban J connectivity index is 2.30. The smallest absolute Gasteiger partial charge is 0.185 e. The number of nitrogens with zero attached hydrogens (tertiary/aromatic N) is 4. The van der Waals surface area contributed by atoms with Crippen LogP contribution in [0.5, 0.6) is 0 Å². The maximum Gasteiger partial charge on any atom is 0.185 e. The largest absolute Gasteiger partial charge is 0.460 e. The van der Waals surface area contributed by atoms with Crippen molar-refractivity contribution in [3.8, 4) is 17.6 Å². The predicted molar refractivity (Wildman–Crippen MR) is 58.5 cm³/mol. The minimum Gasteiger partial charge on any atom is -0.460 e. The molecule has 2 aromatic rings. The maximum absolute atomic E-state index is 8.67. The summed E-state index contributed by atoms with van der Waals surface area (Å²) in [6, 6.07) is 7.21. The fraction of sp³-hybridized carbons (Fsp3) is 0.182. The number of rotatable bonds is 2. The second kappa shape index (κ2) is 4.03. The van der Waals surface area contributed by atoms with Crippen LogP contribution in [0.4, 0.5) is 5.82 Å². The zero-order valence-corrected chi connectivity index (χ0v) is 9.01. The minimum absolute atomic E-state index is 0.509. The van der Waals surface area contributed by atoms with E-state index in [2.05, 4.69) is 10.2 Å². The van der Waals surface area contributed by atoms with Crippen molar-refractivity contribution < 1.29 is 4.42 Å². The van der Waals surface area contributed by atoms with Crippen molar-refractivity contribution in [1.29, 1.82) is 5.26 Å². The third kappa shape index (κ3) is 1.86. The van der Waals surface area contributed by atoms with Gasteiger partial charge in [0.1, 0.15) is 11.5 Å². The Morgan fingerprint density at radius 2 is 2.06 bits per heavy atom. The Morgan fingerprint density at radius 1 is 1.25 bits per heavy atom. The van der Waals surface area contributed by atoms with Crippen LogP contribution in [-0.2, 0) is 0 Å². The number of hydrogen-bond donors (Lipinski definition) is 0. The number of nitriles is 1. The van der Waals surface area contributed by atoms with Crippen LogP contribution in [-0.4, -0.2) is 17.2 Å². The molecule has 2 aromatic heterocycles. The molecule has 0 aliphatic heterocycles. The summed E-state index contributed by atoms with van der Waals surface area (Å²) in [5.41, 5.74) is 0.656. The van der Waals surface area contributed by atoms with Gasteiger partial charge in [-0.3, -0.25) is 4.90 Å². The number of anilines is 1. The topological polar surface area (TPSA) is 66.0 Å². The van der Waals surface area contributed by atoms with E-state index >= 15 is 0 Å². The molecular formula is C11H10N4O. The number of furan rings is 1. The molecule has 0 spiro atoms. The number of aryl methyl sites for hydroxylation is 1. The summed E-state index contributed by atoms with van der Waals surface area (Å²) < 4.78 is 5.42. The van der Waals surface area contributed by atoms with E-state index < -0.39 is 0 Å². The first-order chi connectivity index (χ1) is 7.70. The zero-order valence-electron chi connectivity index (χ0n) is 9.01. The first-order valence-electron chi connectivity index (χ1n) is 4.74. The van der Waals surface area contributed by atoms with Crippen LogP contribution in [0.25, 0.3) is 11.5 Å². The van der Waals surface area contributed by atoms with Crippen LogP contribution in [0.2, 0.25) is 0 Å². The monoisotopic (exact) mass is 214 g/mol. The second-order valence-electron chi connectivity index (χ2n) is 3.35. The summed E-state index contributed by atoms with van der Waals surface area (Å²) in [6.07, 6.45) is 1.95. The summed E-state index contributed by atoms with van der Waals surface area (Å²) >= 11 is 0. The van der Waals surface area contributed by atoms with Crippen molar-refractivity contribution in [2.75, 3.05) is 11.9 Å². The van der Waals surface area contributed by atoms with Crippen molar-refractivity contribution in [1.82, 2.24) is 10.2 Å². The van der Waals surface area contributed by atoms with Gasteiger partial charge in [-0.2, -0.15) is 5.26 Å². The third-order valence-corrected chi connectivity index (χ3v) is 2.14. The van der Waals surface area contributed by atoms with Crippen molar-refractivity contribution in [2.45, 2.75) is 6.92 Å². The van der Waals surface area contributed by atoms with Gasteiger partial charge in [-0.1, -0.05) is 0 Å². The summed E-state index contributed by atoms with van der Waals surface area (Å²) in [5, 5.41) is 16.6. The van der Waals surface area contributed by atoms with Crippen LogP contribution >= 0.6 is 0 Å². The summed E-state index contributed by atoms with van der Waals surface area (Å²) in [7, 11) is 1.63. The second-order valence-corrected chi connectivity index (χ2v) is 3.35. The van der Waals surface area contributed by atoms with Gasteiger partial charge in [0.05, 0.1) is 0 Å². The fourth-order valence-electron chi connectivity index (χ4n) is 1.26. The van der Waals surface area contributed by atoms with E-state index in [1.54, 1.807) is 19.2 Å². The predicted octanol–water partition coefficient (Wildman–Crippen LogP) is 1.96. The molecule has 0 saturated heterocycles. The lowest BCUT2D eigenvalue weighted by atomic mass is 10.3. The van der Waals surface area contributed by atoms with E-state index in [1.807, 2.05) is 25.2 Å². The summed E-state index contributed by atoms with van der Waals surface area (Å²) in [4.78, 5) is 1.34. The van der Waals surface area contributed by atoms with Gasteiger partial charge in [-0.25, -0.2) is 0 Å². The Kier molecular flexibility index (Phi) is 2.56. The van der Waals surface area contributed by atoms with Crippen LogP contribution < -0.4 is 4.90 Å².